The van der Waals surface area contributed by atoms with E-state index in [1.165, 1.54) is 18.0 Å². The Kier molecular flexibility index (Phi) is 5.62. The van der Waals surface area contributed by atoms with Crippen LogP contribution in [0.5, 0.6) is 0 Å². The van der Waals surface area contributed by atoms with Gasteiger partial charge in [-0.25, -0.2) is 9.67 Å². The van der Waals surface area contributed by atoms with Gasteiger partial charge in [0.1, 0.15) is 5.39 Å². The van der Waals surface area contributed by atoms with E-state index in [1.54, 1.807) is 28.5 Å². The number of rotatable bonds is 6. The summed E-state index contributed by atoms with van der Waals surface area (Å²) in [6, 6.07) is 6.84. The average Bonchev–Trinajstić information content (AvgIpc) is 3.28. The monoisotopic (exact) mass is 433 g/mol. The van der Waals surface area contributed by atoms with Crippen LogP contribution in [-0.4, -0.2) is 50.8 Å². The van der Waals surface area contributed by atoms with E-state index in [1.807, 2.05) is 19.1 Å². The lowest BCUT2D eigenvalue weighted by atomic mass is 10.2. The van der Waals surface area contributed by atoms with Gasteiger partial charge in [-0.05, 0) is 31.2 Å². The molecule has 1 N–H and O–H groups in total. The molecule has 29 heavy (non-hydrogen) atoms. The van der Waals surface area contributed by atoms with E-state index in [-0.39, 0.29) is 30.0 Å². The first-order chi connectivity index (χ1) is 14.0. The fraction of sp³-hybridized carbons (Fsp3) is 0.368. The molecule has 0 radical (unpaired) electrons. The van der Waals surface area contributed by atoms with Crippen LogP contribution >= 0.6 is 23.4 Å². The first-order valence-electron chi connectivity index (χ1n) is 9.15. The van der Waals surface area contributed by atoms with Gasteiger partial charge < -0.3 is 10.1 Å². The Morgan fingerprint density at radius 1 is 1.41 bits per heavy atom. The van der Waals surface area contributed by atoms with Crippen molar-refractivity contribution in [3.8, 4) is 5.69 Å². The van der Waals surface area contributed by atoms with Crippen LogP contribution in [0.3, 0.4) is 0 Å². The minimum atomic E-state index is -0.243. The molecule has 0 spiro atoms. The number of thioether (sulfide) groups is 1. The number of nitrogens with one attached hydrogen (secondary N) is 1. The molecule has 0 saturated carbocycles. The van der Waals surface area contributed by atoms with Crippen molar-refractivity contribution < 1.29 is 9.53 Å². The summed E-state index contributed by atoms with van der Waals surface area (Å²) >= 11 is 7.43. The summed E-state index contributed by atoms with van der Waals surface area (Å²) in [4.78, 5) is 30.1. The maximum absolute atomic E-state index is 13.1. The molecule has 2 unspecified atom stereocenters. The van der Waals surface area contributed by atoms with Crippen molar-refractivity contribution in [2.45, 2.75) is 30.6 Å². The lowest BCUT2D eigenvalue weighted by molar-refractivity contribution is -0.122. The van der Waals surface area contributed by atoms with Gasteiger partial charge in [-0.2, -0.15) is 5.10 Å². The number of hydrogen-bond donors (Lipinski definition) is 1. The van der Waals surface area contributed by atoms with Gasteiger partial charge in [-0.1, -0.05) is 23.4 Å². The third-order valence-electron chi connectivity index (χ3n) is 4.69. The highest BCUT2D eigenvalue weighted by Crippen LogP contribution is 2.33. The van der Waals surface area contributed by atoms with Crippen LogP contribution in [0.25, 0.3) is 16.7 Å². The summed E-state index contributed by atoms with van der Waals surface area (Å²) in [5, 5.41) is 8.87. The van der Waals surface area contributed by atoms with Crippen LogP contribution in [0.1, 0.15) is 19.4 Å². The van der Waals surface area contributed by atoms with Gasteiger partial charge in [0.2, 0.25) is 5.91 Å². The van der Waals surface area contributed by atoms with Gasteiger partial charge in [0.05, 0.1) is 24.5 Å². The number of amides is 1. The predicted molar refractivity (Wildman–Crippen MR) is 112 cm³/mol. The molecule has 8 nitrogen and oxygen atoms in total. The Labute approximate surface area is 176 Å². The van der Waals surface area contributed by atoms with Crippen LogP contribution < -0.4 is 10.9 Å². The summed E-state index contributed by atoms with van der Waals surface area (Å²) in [5.41, 5.74) is 1.08. The number of nitrogens with zero attached hydrogens (tertiary/aromatic N) is 4. The van der Waals surface area contributed by atoms with Crippen LogP contribution in [0.15, 0.2) is 40.4 Å². The van der Waals surface area contributed by atoms with E-state index in [4.69, 9.17) is 16.3 Å². The van der Waals surface area contributed by atoms with Gasteiger partial charge in [0.15, 0.2) is 10.8 Å². The third kappa shape index (κ3) is 3.90. The number of ether oxygens (including phenoxy) is 1. The Balaban J connectivity index is 1.64. The van der Waals surface area contributed by atoms with Gasteiger partial charge >= 0.3 is 0 Å². The molecule has 2 atom stereocenters. The van der Waals surface area contributed by atoms with Crippen molar-refractivity contribution >= 4 is 40.3 Å². The minimum absolute atomic E-state index is 0.0871. The smallest absolute Gasteiger partial charge is 0.265 e. The van der Waals surface area contributed by atoms with E-state index in [0.29, 0.717) is 33.6 Å². The molecule has 1 amide bonds. The number of methoxy groups -OCH3 is 1. The molecule has 0 saturated heterocycles. The number of carbonyl (C=O) groups excluding carboxylic acids is 1. The number of carbonyl (C=O) groups is 1. The maximum Gasteiger partial charge on any atom is 0.265 e. The molecule has 1 aliphatic rings. The Morgan fingerprint density at radius 3 is 2.90 bits per heavy atom. The molecule has 152 valence electrons. The maximum atomic E-state index is 13.1. The zero-order valence-electron chi connectivity index (χ0n) is 16.0. The topological polar surface area (TPSA) is 91.0 Å². The van der Waals surface area contributed by atoms with E-state index in [0.717, 1.165) is 5.69 Å². The van der Waals surface area contributed by atoms with Crippen molar-refractivity contribution in [1.82, 2.24) is 24.6 Å². The molecular weight excluding hydrogens is 414 g/mol. The van der Waals surface area contributed by atoms with Gasteiger partial charge in [-0.3, -0.25) is 14.2 Å². The summed E-state index contributed by atoms with van der Waals surface area (Å²) in [5.74, 6) is 0.506. The Bertz CT molecular complexity index is 1110. The first-order valence-corrected chi connectivity index (χ1v) is 10.5. The van der Waals surface area contributed by atoms with Crippen molar-refractivity contribution in [2.75, 3.05) is 19.5 Å². The van der Waals surface area contributed by atoms with Crippen molar-refractivity contribution in [3.05, 3.63) is 45.8 Å². The van der Waals surface area contributed by atoms with Crippen LogP contribution in [0, 0.1) is 0 Å². The second-order valence-electron chi connectivity index (χ2n) is 6.93. The lowest BCUT2D eigenvalue weighted by Crippen LogP contribution is -2.37. The van der Waals surface area contributed by atoms with Crippen LogP contribution in [0.2, 0.25) is 5.02 Å². The van der Waals surface area contributed by atoms with Crippen LogP contribution in [-0.2, 0) is 9.53 Å². The number of fused-ring (bicyclic) bond motifs is 2. The second-order valence-corrected chi connectivity index (χ2v) is 8.36. The molecule has 0 fully saturated rings. The molecular formula is C19H20ClN5O3S. The van der Waals surface area contributed by atoms with E-state index >= 15 is 0 Å². The quantitative estimate of drug-likeness (QED) is 0.600. The second kappa shape index (κ2) is 8.17. The predicted octanol–water partition coefficient (Wildman–Crippen LogP) is 2.42. The zero-order valence-corrected chi connectivity index (χ0v) is 17.5. The summed E-state index contributed by atoms with van der Waals surface area (Å²) in [6.07, 6.45) is 1.74. The Hall–Kier alpha value is -2.36. The van der Waals surface area contributed by atoms with E-state index in [2.05, 4.69) is 15.4 Å². The van der Waals surface area contributed by atoms with E-state index < -0.39 is 0 Å². The molecule has 4 rings (SSSR count). The van der Waals surface area contributed by atoms with E-state index in [9.17, 15) is 9.59 Å². The first kappa shape index (κ1) is 19.9. The van der Waals surface area contributed by atoms with Gasteiger partial charge in [-0.15, -0.1) is 0 Å². The summed E-state index contributed by atoms with van der Waals surface area (Å²) < 4.78 is 8.28. The molecule has 1 aliphatic heterocycles. The Morgan fingerprint density at radius 2 is 2.17 bits per heavy atom. The molecule has 2 aromatic heterocycles. The number of benzene rings is 1. The normalized spacial score (nSPS) is 16.7. The van der Waals surface area contributed by atoms with Crippen molar-refractivity contribution in [3.63, 3.8) is 0 Å². The highest BCUT2D eigenvalue weighted by Gasteiger charge is 2.29. The van der Waals surface area contributed by atoms with Crippen LogP contribution in [0.4, 0.5) is 0 Å². The fourth-order valence-corrected chi connectivity index (χ4v) is 4.65. The van der Waals surface area contributed by atoms with Gasteiger partial charge in [0, 0.05) is 30.3 Å². The molecule has 10 heteroatoms. The number of aromatic nitrogens is 4. The number of hydrogen-bond acceptors (Lipinski definition) is 6. The fourth-order valence-electron chi connectivity index (χ4n) is 3.39. The molecule has 0 bridgehead atoms. The van der Waals surface area contributed by atoms with Crippen molar-refractivity contribution in [2.24, 2.45) is 0 Å². The summed E-state index contributed by atoms with van der Waals surface area (Å²) in [6.45, 7) is 2.31. The molecule has 1 aromatic carbocycles. The molecule has 0 aliphatic carbocycles. The van der Waals surface area contributed by atoms with Gasteiger partial charge in [0.25, 0.3) is 5.56 Å². The molecule has 3 aromatic rings. The third-order valence-corrected chi connectivity index (χ3v) is 6.04. The lowest BCUT2D eigenvalue weighted by Gasteiger charge is -2.16. The standard InChI is InChI=1S/C19H20ClN5O3S/c1-11(9-28-2)22-16(26)7-14-10-29-19-23-17-15(18(27)24(14)19)8-21-25(17)13-5-3-12(20)4-6-13/h3-6,8,11,14H,7,9-10H2,1-2H3,(H,22,26). The zero-order chi connectivity index (χ0) is 20.5. The largest absolute Gasteiger partial charge is 0.383 e. The summed E-state index contributed by atoms with van der Waals surface area (Å²) in [7, 11) is 1.59. The average molecular weight is 434 g/mol. The molecule has 3 heterocycles. The highest BCUT2D eigenvalue weighted by molar-refractivity contribution is 7.99. The highest BCUT2D eigenvalue weighted by atomic mass is 35.5. The SMILES string of the molecule is COCC(C)NC(=O)CC1CSc2nc3c(cnn3-c3ccc(Cl)cc3)c(=O)n21. The minimum Gasteiger partial charge on any atom is -0.383 e. The van der Waals surface area contributed by atoms with Crippen molar-refractivity contribution in [1.29, 1.82) is 0 Å². The number of halogens is 1.